The second kappa shape index (κ2) is 7.39. The monoisotopic (exact) mass is 409 g/mol. The summed E-state index contributed by atoms with van der Waals surface area (Å²) in [5.74, 6) is 0. The topological polar surface area (TPSA) is 67.2 Å². The number of thiocarbonyl (C=S) groups is 1. The standard InChI is InChI=1S/C15H9F6N3O2S/c16-14(17,18)8-5-9(15(19,20)21)7-11(6-8)23-13(27)22-10-1-3-12(4-2-10)24(25)26/h1-7H,(H2,22,23,27). The molecule has 0 heterocycles. The summed E-state index contributed by atoms with van der Waals surface area (Å²) in [4.78, 5) is 9.93. The second-order valence-electron chi connectivity index (χ2n) is 5.18. The number of nitrogens with zero attached hydrogens (tertiary/aromatic N) is 1. The van der Waals surface area contributed by atoms with Crippen LogP contribution in [-0.2, 0) is 12.4 Å². The van der Waals surface area contributed by atoms with Crippen molar-refractivity contribution in [1.29, 1.82) is 0 Å². The molecule has 0 saturated carbocycles. The molecule has 5 nitrogen and oxygen atoms in total. The maximum atomic E-state index is 12.8. The van der Waals surface area contributed by atoms with Crippen LogP contribution >= 0.6 is 12.2 Å². The molecule has 0 spiro atoms. The molecule has 0 atom stereocenters. The number of anilines is 2. The summed E-state index contributed by atoms with van der Waals surface area (Å²) in [7, 11) is 0. The molecule has 0 aliphatic carbocycles. The molecule has 144 valence electrons. The van der Waals surface area contributed by atoms with E-state index in [1.54, 1.807) is 0 Å². The third kappa shape index (κ3) is 5.54. The highest BCUT2D eigenvalue weighted by Crippen LogP contribution is 2.37. The first-order valence-electron chi connectivity index (χ1n) is 6.98. The zero-order valence-electron chi connectivity index (χ0n) is 13.0. The van der Waals surface area contributed by atoms with E-state index in [-0.39, 0.29) is 22.6 Å². The van der Waals surface area contributed by atoms with Crippen LogP contribution in [0, 0.1) is 10.1 Å². The lowest BCUT2D eigenvalue weighted by atomic mass is 10.1. The largest absolute Gasteiger partial charge is 0.416 e. The van der Waals surface area contributed by atoms with Crippen molar-refractivity contribution in [1.82, 2.24) is 0 Å². The fourth-order valence-corrected chi connectivity index (χ4v) is 2.22. The minimum Gasteiger partial charge on any atom is -0.332 e. The molecular weight excluding hydrogens is 400 g/mol. The number of nitro benzene ring substituents is 1. The van der Waals surface area contributed by atoms with E-state index in [2.05, 4.69) is 10.6 Å². The summed E-state index contributed by atoms with van der Waals surface area (Å²) in [6, 6.07) is 5.82. The molecule has 2 rings (SSSR count). The van der Waals surface area contributed by atoms with Crippen molar-refractivity contribution in [2.24, 2.45) is 0 Å². The maximum Gasteiger partial charge on any atom is 0.416 e. The van der Waals surface area contributed by atoms with Gasteiger partial charge in [-0.05, 0) is 42.5 Å². The van der Waals surface area contributed by atoms with Gasteiger partial charge in [-0.15, -0.1) is 0 Å². The lowest BCUT2D eigenvalue weighted by molar-refractivity contribution is -0.384. The van der Waals surface area contributed by atoms with Gasteiger partial charge in [0.05, 0.1) is 16.1 Å². The molecule has 0 aliphatic heterocycles. The van der Waals surface area contributed by atoms with Crippen molar-refractivity contribution in [2.75, 3.05) is 10.6 Å². The quantitative estimate of drug-likeness (QED) is 0.306. The van der Waals surface area contributed by atoms with E-state index in [9.17, 15) is 36.5 Å². The van der Waals surface area contributed by atoms with Crippen LogP contribution < -0.4 is 10.6 Å². The minimum atomic E-state index is -4.98. The Bertz CT molecular complexity index is 833. The number of non-ortho nitro benzene ring substituents is 1. The molecular formula is C15H9F6N3O2S. The fraction of sp³-hybridized carbons (Fsp3) is 0.133. The van der Waals surface area contributed by atoms with E-state index in [1.807, 2.05) is 0 Å². The van der Waals surface area contributed by atoms with Gasteiger partial charge in [-0.3, -0.25) is 10.1 Å². The molecule has 0 unspecified atom stereocenters. The Labute approximate surface area is 153 Å². The highest BCUT2D eigenvalue weighted by atomic mass is 32.1. The zero-order valence-corrected chi connectivity index (χ0v) is 13.8. The molecule has 0 amide bonds. The summed E-state index contributed by atoms with van der Waals surface area (Å²) in [5.41, 5.74) is -3.44. The van der Waals surface area contributed by atoms with Gasteiger partial charge in [0.2, 0.25) is 0 Å². The average molecular weight is 409 g/mol. The van der Waals surface area contributed by atoms with Crippen LogP contribution in [0.5, 0.6) is 0 Å². The number of nitro groups is 1. The number of halogens is 6. The number of benzene rings is 2. The van der Waals surface area contributed by atoms with Gasteiger partial charge in [0.25, 0.3) is 5.69 Å². The normalized spacial score (nSPS) is 11.8. The van der Waals surface area contributed by atoms with Gasteiger partial charge in [-0.1, -0.05) is 0 Å². The first-order chi connectivity index (χ1) is 12.4. The van der Waals surface area contributed by atoms with Crippen molar-refractivity contribution in [3.8, 4) is 0 Å². The van der Waals surface area contributed by atoms with Crippen LogP contribution in [0.2, 0.25) is 0 Å². The summed E-state index contributed by atoms with van der Waals surface area (Å²) < 4.78 is 76.9. The molecule has 2 N–H and O–H groups in total. The Morgan fingerprint density at radius 3 is 1.70 bits per heavy atom. The number of hydrogen-bond acceptors (Lipinski definition) is 3. The summed E-state index contributed by atoms with van der Waals surface area (Å²) in [6.45, 7) is 0. The first kappa shape index (κ1) is 20.4. The third-order valence-electron chi connectivity index (χ3n) is 3.18. The van der Waals surface area contributed by atoms with Crippen molar-refractivity contribution in [3.05, 3.63) is 63.7 Å². The Balaban J connectivity index is 2.22. The van der Waals surface area contributed by atoms with Gasteiger partial charge in [0, 0.05) is 23.5 Å². The fourth-order valence-electron chi connectivity index (χ4n) is 1.99. The maximum absolute atomic E-state index is 12.8. The average Bonchev–Trinajstić information content (AvgIpc) is 2.53. The predicted octanol–water partition coefficient (Wildman–Crippen LogP) is 5.44. The van der Waals surface area contributed by atoms with Crippen LogP contribution in [0.3, 0.4) is 0 Å². The molecule has 12 heteroatoms. The van der Waals surface area contributed by atoms with Gasteiger partial charge in [0.1, 0.15) is 0 Å². The SMILES string of the molecule is O=[N+]([O-])c1ccc(NC(=S)Nc2cc(C(F)(F)F)cc(C(F)(F)F)c2)cc1. The van der Waals surface area contributed by atoms with Crippen LogP contribution in [0.4, 0.5) is 43.4 Å². The molecule has 0 aromatic heterocycles. The van der Waals surface area contributed by atoms with Crippen molar-refractivity contribution in [2.45, 2.75) is 12.4 Å². The van der Waals surface area contributed by atoms with Crippen molar-refractivity contribution in [3.63, 3.8) is 0 Å². The molecule has 27 heavy (non-hydrogen) atoms. The molecule has 0 radical (unpaired) electrons. The summed E-state index contributed by atoms with van der Waals surface area (Å²) >= 11 is 4.86. The lowest BCUT2D eigenvalue weighted by Crippen LogP contribution is -2.20. The van der Waals surface area contributed by atoms with Gasteiger partial charge < -0.3 is 10.6 Å². The summed E-state index contributed by atoms with van der Waals surface area (Å²) in [5, 5.41) is 15.0. The Hall–Kier alpha value is -2.89. The minimum absolute atomic E-state index is 0.00200. The summed E-state index contributed by atoms with van der Waals surface area (Å²) in [6.07, 6.45) is -9.96. The van der Waals surface area contributed by atoms with Gasteiger partial charge in [-0.2, -0.15) is 26.3 Å². The first-order valence-corrected chi connectivity index (χ1v) is 7.39. The number of rotatable bonds is 3. The van der Waals surface area contributed by atoms with E-state index in [4.69, 9.17) is 12.2 Å². The van der Waals surface area contributed by atoms with E-state index >= 15 is 0 Å². The predicted molar refractivity (Wildman–Crippen MR) is 89.4 cm³/mol. The number of alkyl halides is 6. The zero-order chi connectivity index (χ0) is 20.4. The van der Waals surface area contributed by atoms with E-state index in [1.165, 1.54) is 12.1 Å². The molecule has 0 fully saturated rings. The second-order valence-corrected chi connectivity index (χ2v) is 5.59. The smallest absolute Gasteiger partial charge is 0.332 e. The highest BCUT2D eigenvalue weighted by Gasteiger charge is 2.37. The number of nitrogens with one attached hydrogen (secondary N) is 2. The third-order valence-corrected chi connectivity index (χ3v) is 3.39. The van der Waals surface area contributed by atoms with Crippen molar-refractivity contribution < 1.29 is 31.3 Å². The van der Waals surface area contributed by atoms with Gasteiger partial charge in [-0.25, -0.2) is 0 Å². The molecule has 0 saturated heterocycles. The van der Waals surface area contributed by atoms with E-state index in [0.717, 1.165) is 12.1 Å². The van der Waals surface area contributed by atoms with E-state index in [0.29, 0.717) is 12.1 Å². The Kier molecular flexibility index (Phi) is 5.59. The van der Waals surface area contributed by atoms with E-state index < -0.39 is 34.1 Å². The Morgan fingerprint density at radius 1 is 0.852 bits per heavy atom. The van der Waals surface area contributed by atoms with Gasteiger partial charge in [0.15, 0.2) is 5.11 Å². The molecule has 0 aliphatic rings. The highest BCUT2D eigenvalue weighted by molar-refractivity contribution is 7.80. The number of hydrogen-bond donors (Lipinski definition) is 2. The molecule has 2 aromatic carbocycles. The lowest BCUT2D eigenvalue weighted by Gasteiger charge is -2.16. The van der Waals surface area contributed by atoms with Crippen LogP contribution in [0.15, 0.2) is 42.5 Å². The Morgan fingerprint density at radius 2 is 1.30 bits per heavy atom. The van der Waals surface area contributed by atoms with Crippen LogP contribution in [0.1, 0.15) is 11.1 Å². The van der Waals surface area contributed by atoms with Crippen LogP contribution in [-0.4, -0.2) is 10.0 Å². The molecule has 0 bridgehead atoms. The van der Waals surface area contributed by atoms with Crippen molar-refractivity contribution >= 4 is 34.4 Å². The van der Waals surface area contributed by atoms with Gasteiger partial charge >= 0.3 is 12.4 Å². The van der Waals surface area contributed by atoms with Crippen LogP contribution in [0.25, 0.3) is 0 Å². The molecule has 2 aromatic rings.